The fourth-order valence-corrected chi connectivity index (χ4v) is 2.43. The second kappa shape index (κ2) is 5.54. The molecule has 0 aliphatic rings. The first-order valence-corrected chi connectivity index (χ1v) is 6.68. The number of fused-ring (bicyclic) bond motifs is 1. The van der Waals surface area contributed by atoms with Crippen LogP contribution in [-0.4, -0.2) is 23.3 Å². The average Bonchev–Trinajstić information content (AvgIpc) is 2.83. The lowest BCUT2D eigenvalue weighted by Crippen LogP contribution is -2.06. The molecule has 0 radical (unpaired) electrons. The third kappa shape index (κ3) is 2.60. The zero-order chi connectivity index (χ0) is 14.8. The zero-order valence-electron chi connectivity index (χ0n) is 11.7. The van der Waals surface area contributed by atoms with E-state index in [-0.39, 0.29) is 5.82 Å². The van der Waals surface area contributed by atoms with Crippen LogP contribution < -0.4 is 5.73 Å². The average molecular weight is 285 g/mol. The number of nitrogens with zero attached hydrogens (tertiary/aromatic N) is 2. The van der Waals surface area contributed by atoms with Crippen LogP contribution in [0.1, 0.15) is 0 Å². The van der Waals surface area contributed by atoms with Crippen molar-refractivity contribution in [2.75, 3.05) is 19.5 Å². The Balaban J connectivity index is 2.17. The highest BCUT2D eigenvalue weighted by Gasteiger charge is 2.12. The van der Waals surface area contributed by atoms with Crippen LogP contribution in [0.3, 0.4) is 0 Å². The number of methoxy groups -OCH3 is 1. The lowest BCUT2D eigenvalue weighted by Gasteiger charge is -2.10. The van der Waals surface area contributed by atoms with Gasteiger partial charge in [0.25, 0.3) is 0 Å². The smallest absolute Gasteiger partial charge is 0.140 e. The normalized spacial score (nSPS) is 11.1. The second-order valence-electron chi connectivity index (χ2n) is 4.86. The molecule has 0 fully saturated rings. The molecule has 0 saturated heterocycles. The quantitative estimate of drug-likeness (QED) is 0.801. The Kier molecular flexibility index (Phi) is 3.58. The number of ether oxygens (including phenoxy) is 1. The van der Waals surface area contributed by atoms with Crippen LogP contribution in [0.2, 0.25) is 0 Å². The molecule has 108 valence electrons. The number of pyridine rings is 1. The van der Waals surface area contributed by atoms with Crippen LogP contribution in [0.5, 0.6) is 0 Å². The van der Waals surface area contributed by atoms with Crippen LogP contribution in [0.4, 0.5) is 10.1 Å². The number of benzene rings is 1. The molecule has 2 heterocycles. The topological polar surface area (TPSA) is 53.1 Å². The summed E-state index contributed by atoms with van der Waals surface area (Å²) in [6.07, 6.45) is 1.64. The molecule has 3 rings (SSSR count). The summed E-state index contributed by atoms with van der Waals surface area (Å²) in [5, 5.41) is 0.963. The van der Waals surface area contributed by atoms with Gasteiger partial charge in [0.15, 0.2) is 0 Å². The Morgan fingerprint density at radius 1 is 1.24 bits per heavy atom. The predicted octanol–water partition coefficient (Wildman–Crippen LogP) is 3.07. The summed E-state index contributed by atoms with van der Waals surface area (Å²) in [4.78, 5) is 4.41. The molecular weight excluding hydrogens is 269 g/mol. The van der Waals surface area contributed by atoms with Gasteiger partial charge in [-0.3, -0.25) is 0 Å². The molecule has 1 aromatic carbocycles. The van der Waals surface area contributed by atoms with Gasteiger partial charge in [0.05, 0.1) is 24.2 Å². The highest BCUT2D eigenvalue weighted by atomic mass is 19.1. The molecule has 0 bridgehead atoms. The number of nitrogens with two attached hydrogens (primary N) is 1. The molecule has 0 aliphatic carbocycles. The number of nitrogen functional groups attached to an aromatic ring is 1. The Morgan fingerprint density at radius 2 is 2.00 bits per heavy atom. The molecule has 5 heteroatoms. The molecule has 0 saturated carbocycles. The number of halogens is 1. The van der Waals surface area contributed by atoms with Crippen molar-refractivity contribution in [1.82, 2.24) is 9.55 Å². The fourth-order valence-electron chi connectivity index (χ4n) is 2.43. The number of anilines is 1. The first kappa shape index (κ1) is 13.6. The van der Waals surface area contributed by atoms with E-state index in [0.717, 1.165) is 22.3 Å². The van der Waals surface area contributed by atoms with Crippen molar-refractivity contribution in [3.63, 3.8) is 0 Å². The number of rotatable bonds is 4. The van der Waals surface area contributed by atoms with Crippen molar-refractivity contribution in [1.29, 1.82) is 0 Å². The van der Waals surface area contributed by atoms with Gasteiger partial charge in [-0.25, -0.2) is 9.37 Å². The van der Waals surface area contributed by atoms with Gasteiger partial charge < -0.3 is 15.0 Å². The highest BCUT2D eigenvalue weighted by molar-refractivity contribution is 5.86. The summed E-state index contributed by atoms with van der Waals surface area (Å²) in [5.41, 5.74) is 9.17. The molecule has 0 atom stereocenters. The van der Waals surface area contributed by atoms with Gasteiger partial charge in [0, 0.05) is 19.0 Å². The maximum Gasteiger partial charge on any atom is 0.140 e. The zero-order valence-corrected chi connectivity index (χ0v) is 11.7. The molecule has 0 amide bonds. The minimum atomic E-state index is -0.249. The van der Waals surface area contributed by atoms with Gasteiger partial charge in [-0.05, 0) is 42.0 Å². The second-order valence-corrected chi connectivity index (χ2v) is 4.86. The molecule has 4 nitrogen and oxygen atoms in total. The fraction of sp³-hybridized carbons (Fsp3) is 0.188. The number of hydrogen-bond donors (Lipinski definition) is 1. The predicted molar refractivity (Wildman–Crippen MR) is 81.4 cm³/mol. The Hall–Kier alpha value is -2.40. The molecule has 0 spiro atoms. The van der Waals surface area contributed by atoms with E-state index in [9.17, 15) is 4.39 Å². The van der Waals surface area contributed by atoms with Crippen LogP contribution >= 0.6 is 0 Å². The van der Waals surface area contributed by atoms with E-state index in [2.05, 4.69) is 9.55 Å². The molecule has 0 aliphatic heterocycles. The summed E-state index contributed by atoms with van der Waals surface area (Å²) >= 11 is 0. The van der Waals surface area contributed by atoms with Gasteiger partial charge in [0.1, 0.15) is 11.5 Å². The molecule has 2 N–H and O–H groups in total. The van der Waals surface area contributed by atoms with Crippen molar-refractivity contribution in [2.45, 2.75) is 6.54 Å². The largest absolute Gasteiger partial charge is 0.397 e. The Morgan fingerprint density at radius 3 is 2.71 bits per heavy atom. The van der Waals surface area contributed by atoms with Crippen molar-refractivity contribution in [2.24, 2.45) is 0 Å². The van der Waals surface area contributed by atoms with E-state index >= 15 is 0 Å². The van der Waals surface area contributed by atoms with E-state index in [4.69, 9.17) is 10.5 Å². The summed E-state index contributed by atoms with van der Waals surface area (Å²) < 4.78 is 20.3. The van der Waals surface area contributed by atoms with Crippen LogP contribution in [-0.2, 0) is 11.3 Å². The van der Waals surface area contributed by atoms with Crippen LogP contribution in [0.25, 0.3) is 22.3 Å². The van der Waals surface area contributed by atoms with E-state index in [0.29, 0.717) is 18.8 Å². The summed E-state index contributed by atoms with van der Waals surface area (Å²) in [6, 6.07) is 10.3. The SMILES string of the molecule is COCCn1c(-c2ccc(F)cc2)cc2cc(N)cnc21. The monoisotopic (exact) mass is 285 g/mol. The third-order valence-electron chi connectivity index (χ3n) is 3.41. The first-order valence-electron chi connectivity index (χ1n) is 6.68. The van der Waals surface area contributed by atoms with Crippen molar-refractivity contribution in [3.05, 3.63) is 48.4 Å². The lowest BCUT2D eigenvalue weighted by atomic mass is 10.1. The summed E-state index contributed by atoms with van der Waals surface area (Å²) in [5.74, 6) is -0.249. The van der Waals surface area contributed by atoms with Crippen molar-refractivity contribution >= 4 is 16.7 Å². The van der Waals surface area contributed by atoms with E-state index in [1.54, 1.807) is 25.4 Å². The van der Waals surface area contributed by atoms with Crippen LogP contribution in [0, 0.1) is 5.82 Å². The van der Waals surface area contributed by atoms with E-state index < -0.39 is 0 Å². The van der Waals surface area contributed by atoms with Gasteiger partial charge in [-0.2, -0.15) is 0 Å². The van der Waals surface area contributed by atoms with Crippen LogP contribution in [0.15, 0.2) is 42.6 Å². The van der Waals surface area contributed by atoms with Crippen molar-refractivity contribution in [3.8, 4) is 11.3 Å². The lowest BCUT2D eigenvalue weighted by molar-refractivity contribution is 0.188. The minimum Gasteiger partial charge on any atom is -0.397 e. The standard InChI is InChI=1S/C16H16FN3O/c1-21-7-6-20-15(11-2-4-13(17)5-3-11)9-12-8-14(18)10-19-16(12)20/h2-5,8-10H,6-7,18H2,1H3. The molecule has 2 aromatic heterocycles. The van der Waals surface area contributed by atoms with Crippen molar-refractivity contribution < 1.29 is 9.13 Å². The van der Waals surface area contributed by atoms with Gasteiger partial charge in [0.2, 0.25) is 0 Å². The van der Waals surface area contributed by atoms with E-state index in [1.165, 1.54) is 12.1 Å². The van der Waals surface area contributed by atoms with E-state index in [1.807, 2.05) is 12.1 Å². The van der Waals surface area contributed by atoms with Gasteiger partial charge in [-0.15, -0.1) is 0 Å². The maximum absolute atomic E-state index is 13.1. The van der Waals surface area contributed by atoms with Gasteiger partial charge in [-0.1, -0.05) is 0 Å². The summed E-state index contributed by atoms with van der Waals surface area (Å²) in [7, 11) is 1.66. The maximum atomic E-state index is 13.1. The highest BCUT2D eigenvalue weighted by Crippen LogP contribution is 2.28. The molecule has 0 unspecified atom stereocenters. The molecule has 21 heavy (non-hydrogen) atoms. The molecule has 3 aromatic rings. The third-order valence-corrected chi connectivity index (χ3v) is 3.41. The number of aromatic nitrogens is 2. The minimum absolute atomic E-state index is 0.249. The summed E-state index contributed by atoms with van der Waals surface area (Å²) in [6.45, 7) is 1.24. The Bertz CT molecular complexity index is 765. The van der Waals surface area contributed by atoms with Gasteiger partial charge >= 0.3 is 0 Å². The Labute approximate surface area is 122 Å². The molecular formula is C16H16FN3O. The first-order chi connectivity index (χ1) is 10.2. The number of hydrogen-bond acceptors (Lipinski definition) is 3.